The van der Waals surface area contributed by atoms with Gasteiger partial charge >= 0.3 is 0 Å². The van der Waals surface area contributed by atoms with Crippen molar-refractivity contribution in [3.8, 4) is 0 Å². The normalized spacial score (nSPS) is 14.2. The van der Waals surface area contributed by atoms with Gasteiger partial charge in [-0.05, 0) is 55.5 Å². The Morgan fingerprint density at radius 1 is 1.00 bits per heavy atom. The Kier molecular flexibility index (Phi) is 5.60. The predicted molar refractivity (Wildman–Crippen MR) is 93.3 cm³/mol. The number of fused-ring (bicyclic) bond motifs is 1. The van der Waals surface area contributed by atoms with E-state index >= 15 is 0 Å². The Morgan fingerprint density at radius 2 is 1.71 bits per heavy atom. The van der Waals surface area contributed by atoms with Crippen molar-refractivity contribution in [1.82, 2.24) is 4.98 Å². The summed E-state index contributed by atoms with van der Waals surface area (Å²) >= 11 is 0. The van der Waals surface area contributed by atoms with Crippen molar-refractivity contribution in [3.05, 3.63) is 35.5 Å². The molecular formula is C19H28N2. The van der Waals surface area contributed by atoms with E-state index in [2.05, 4.69) is 43.0 Å². The molecule has 114 valence electrons. The van der Waals surface area contributed by atoms with Crippen LogP contribution in [0, 0.1) is 0 Å². The van der Waals surface area contributed by atoms with Crippen molar-refractivity contribution in [2.24, 2.45) is 0 Å². The second-order valence-corrected chi connectivity index (χ2v) is 5.38. The van der Waals surface area contributed by atoms with Crippen LogP contribution in [0.4, 0.5) is 5.69 Å². The van der Waals surface area contributed by atoms with E-state index in [0.29, 0.717) is 0 Å². The van der Waals surface area contributed by atoms with Crippen molar-refractivity contribution in [2.75, 3.05) is 18.0 Å². The first kappa shape index (κ1) is 15.8. The van der Waals surface area contributed by atoms with Crippen LogP contribution in [0.5, 0.6) is 0 Å². The summed E-state index contributed by atoms with van der Waals surface area (Å²) in [6, 6.07) is 9.04. The molecule has 2 aromatic rings. The maximum Gasteiger partial charge on any atom is 0.0709 e. The number of rotatable bonds is 3. The van der Waals surface area contributed by atoms with E-state index in [1.54, 1.807) is 0 Å². The van der Waals surface area contributed by atoms with Crippen LogP contribution in [-0.4, -0.2) is 18.1 Å². The molecule has 0 unspecified atom stereocenters. The standard InChI is InChI=1S/C17H22N2.C2H6/c1-3-13-11-14(4-2)18-17-8-7-15(12-16(13)17)19-9-5-6-10-19;1-2/h7-8,11-12H,3-6,9-10H2,1-2H3;1-2H3. The van der Waals surface area contributed by atoms with Gasteiger partial charge in [0.1, 0.15) is 0 Å². The van der Waals surface area contributed by atoms with Crippen molar-refractivity contribution >= 4 is 16.6 Å². The molecule has 1 saturated heterocycles. The minimum absolute atomic E-state index is 1.01. The molecule has 1 aromatic heterocycles. The number of hydrogen-bond donors (Lipinski definition) is 0. The van der Waals surface area contributed by atoms with Crippen molar-refractivity contribution in [2.45, 2.75) is 53.4 Å². The van der Waals surface area contributed by atoms with E-state index in [1.807, 2.05) is 13.8 Å². The zero-order chi connectivity index (χ0) is 15.2. The number of anilines is 1. The van der Waals surface area contributed by atoms with Gasteiger partial charge in [-0.25, -0.2) is 0 Å². The van der Waals surface area contributed by atoms with Crippen molar-refractivity contribution < 1.29 is 0 Å². The van der Waals surface area contributed by atoms with Gasteiger partial charge in [-0.2, -0.15) is 0 Å². The highest BCUT2D eigenvalue weighted by molar-refractivity contribution is 5.86. The van der Waals surface area contributed by atoms with Crippen molar-refractivity contribution in [3.63, 3.8) is 0 Å². The third-order valence-electron chi connectivity index (χ3n) is 4.15. The van der Waals surface area contributed by atoms with Crippen LogP contribution in [0.15, 0.2) is 24.3 Å². The summed E-state index contributed by atoms with van der Waals surface area (Å²) in [5.74, 6) is 0. The van der Waals surface area contributed by atoms with Gasteiger partial charge < -0.3 is 4.90 Å². The minimum Gasteiger partial charge on any atom is -0.372 e. The van der Waals surface area contributed by atoms with Crippen LogP contribution in [0.3, 0.4) is 0 Å². The second-order valence-electron chi connectivity index (χ2n) is 5.38. The largest absolute Gasteiger partial charge is 0.372 e. The zero-order valence-electron chi connectivity index (χ0n) is 13.9. The minimum atomic E-state index is 1.01. The maximum atomic E-state index is 4.75. The van der Waals surface area contributed by atoms with E-state index in [9.17, 15) is 0 Å². The average molecular weight is 284 g/mol. The molecule has 21 heavy (non-hydrogen) atoms. The second kappa shape index (κ2) is 7.44. The number of benzene rings is 1. The van der Waals surface area contributed by atoms with Gasteiger partial charge in [-0.3, -0.25) is 4.98 Å². The monoisotopic (exact) mass is 284 g/mol. The van der Waals surface area contributed by atoms with E-state index in [1.165, 1.54) is 48.3 Å². The van der Waals surface area contributed by atoms with Crippen molar-refractivity contribution in [1.29, 1.82) is 0 Å². The molecule has 0 amide bonds. The molecule has 0 spiro atoms. The van der Waals surface area contributed by atoms with E-state index in [4.69, 9.17) is 4.98 Å². The highest BCUT2D eigenvalue weighted by Crippen LogP contribution is 2.27. The predicted octanol–water partition coefficient (Wildman–Crippen LogP) is 4.99. The molecule has 0 saturated carbocycles. The van der Waals surface area contributed by atoms with Crippen LogP contribution >= 0.6 is 0 Å². The number of aromatic nitrogens is 1. The van der Waals surface area contributed by atoms with Gasteiger partial charge in [-0.15, -0.1) is 0 Å². The lowest BCUT2D eigenvalue weighted by Crippen LogP contribution is -2.17. The fourth-order valence-corrected chi connectivity index (χ4v) is 2.99. The van der Waals surface area contributed by atoms with E-state index in [-0.39, 0.29) is 0 Å². The van der Waals surface area contributed by atoms with Crippen LogP contribution in [0.1, 0.15) is 51.8 Å². The van der Waals surface area contributed by atoms with E-state index < -0.39 is 0 Å². The molecular weight excluding hydrogens is 256 g/mol. The average Bonchev–Trinajstić information content (AvgIpc) is 3.09. The first-order chi connectivity index (χ1) is 10.3. The summed E-state index contributed by atoms with van der Waals surface area (Å²) in [6.45, 7) is 10.8. The third kappa shape index (κ3) is 3.37. The Balaban J connectivity index is 0.000000774. The SMILES string of the molecule is CC.CCc1cc(CC)c2cc(N3CCCC3)ccc2n1. The third-order valence-corrected chi connectivity index (χ3v) is 4.15. The lowest BCUT2D eigenvalue weighted by Gasteiger charge is -2.18. The zero-order valence-corrected chi connectivity index (χ0v) is 13.9. The van der Waals surface area contributed by atoms with Gasteiger partial charge in [-0.1, -0.05) is 27.7 Å². The molecule has 1 fully saturated rings. The number of pyridine rings is 1. The van der Waals surface area contributed by atoms with Gasteiger partial charge in [0, 0.05) is 29.9 Å². The molecule has 1 aromatic carbocycles. The maximum absolute atomic E-state index is 4.75. The summed E-state index contributed by atoms with van der Waals surface area (Å²) < 4.78 is 0. The molecule has 0 N–H and O–H groups in total. The lowest BCUT2D eigenvalue weighted by molar-refractivity contribution is 0.949. The summed E-state index contributed by atoms with van der Waals surface area (Å²) in [7, 11) is 0. The Bertz CT molecular complexity index is 583. The van der Waals surface area contributed by atoms with Gasteiger partial charge in [0.05, 0.1) is 5.52 Å². The van der Waals surface area contributed by atoms with Crippen LogP contribution in [0.25, 0.3) is 10.9 Å². The fourth-order valence-electron chi connectivity index (χ4n) is 2.99. The van der Waals surface area contributed by atoms with Gasteiger partial charge in [0.15, 0.2) is 0 Å². The highest BCUT2D eigenvalue weighted by Gasteiger charge is 2.13. The number of nitrogens with zero attached hydrogens (tertiary/aromatic N) is 2. The Morgan fingerprint density at radius 3 is 2.33 bits per heavy atom. The molecule has 1 aliphatic heterocycles. The summed E-state index contributed by atoms with van der Waals surface area (Å²) in [5, 5.41) is 1.34. The van der Waals surface area contributed by atoms with Gasteiger partial charge in [0.2, 0.25) is 0 Å². The lowest BCUT2D eigenvalue weighted by atomic mass is 10.0. The molecule has 2 heteroatoms. The molecule has 0 radical (unpaired) electrons. The van der Waals surface area contributed by atoms with E-state index in [0.717, 1.165) is 18.4 Å². The first-order valence-corrected chi connectivity index (χ1v) is 8.49. The molecule has 2 nitrogen and oxygen atoms in total. The topological polar surface area (TPSA) is 16.1 Å². The summed E-state index contributed by atoms with van der Waals surface area (Å²) in [6.07, 6.45) is 4.74. The molecule has 3 rings (SSSR count). The summed E-state index contributed by atoms with van der Waals surface area (Å²) in [5.41, 5.74) is 5.16. The molecule has 0 aliphatic carbocycles. The van der Waals surface area contributed by atoms with Crippen LogP contribution in [0.2, 0.25) is 0 Å². The molecule has 0 atom stereocenters. The van der Waals surface area contributed by atoms with Gasteiger partial charge in [0.25, 0.3) is 0 Å². The molecule has 1 aliphatic rings. The van der Waals surface area contributed by atoms with Crippen LogP contribution in [-0.2, 0) is 12.8 Å². The quantitative estimate of drug-likeness (QED) is 0.789. The first-order valence-electron chi connectivity index (χ1n) is 8.49. The number of hydrogen-bond acceptors (Lipinski definition) is 2. The van der Waals surface area contributed by atoms with Crippen LogP contribution < -0.4 is 4.90 Å². The summed E-state index contributed by atoms with van der Waals surface area (Å²) in [4.78, 5) is 7.24. The fraction of sp³-hybridized carbons (Fsp3) is 0.526. The number of aryl methyl sites for hydroxylation is 2. The Hall–Kier alpha value is -1.57. The molecule has 0 bridgehead atoms. The Labute approximate surface area is 129 Å². The smallest absolute Gasteiger partial charge is 0.0709 e. The highest BCUT2D eigenvalue weighted by atomic mass is 15.1. The molecule has 2 heterocycles.